The van der Waals surface area contributed by atoms with Crippen molar-refractivity contribution in [3.8, 4) is 0 Å². The highest BCUT2D eigenvalue weighted by Gasteiger charge is 2.14. The summed E-state index contributed by atoms with van der Waals surface area (Å²) in [5.41, 5.74) is 2.48. The van der Waals surface area contributed by atoms with Crippen molar-refractivity contribution in [1.82, 2.24) is 0 Å². The quantitative estimate of drug-likeness (QED) is 0.601. The third-order valence-electron chi connectivity index (χ3n) is 2.25. The number of carbonyl (C=O) groups is 1. The zero-order chi connectivity index (χ0) is 8.55. The zero-order valence-corrected chi connectivity index (χ0v) is 7.60. The molecule has 0 saturated carbocycles. The number of hydrogen-bond acceptors (Lipinski definition) is 2. The lowest BCUT2D eigenvalue weighted by Gasteiger charge is -2.14. The fourth-order valence-electron chi connectivity index (χ4n) is 1.59. The van der Waals surface area contributed by atoms with E-state index in [1.807, 2.05) is 12.1 Å². The summed E-state index contributed by atoms with van der Waals surface area (Å²) in [6, 6.07) is 6.01. The minimum atomic E-state index is 0.356. The number of rotatable bonds is 0. The number of fused-ring (bicyclic) bond motifs is 1. The van der Waals surface area contributed by atoms with E-state index in [9.17, 15) is 4.79 Å². The van der Waals surface area contributed by atoms with Gasteiger partial charge in [0.2, 0.25) is 0 Å². The predicted octanol–water partition coefficient (Wildman–Crippen LogP) is 2.03. The van der Waals surface area contributed by atoms with Crippen LogP contribution >= 0.6 is 12.6 Å². The highest BCUT2D eigenvalue weighted by atomic mass is 32.1. The van der Waals surface area contributed by atoms with Crippen molar-refractivity contribution < 1.29 is 4.79 Å². The molecule has 0 fully saturated rings. The van der Waals surface area contributed by atoms with E-state index in [0.717, 1.165) is 11.3 Å². The van der Waals surface area contributed by atoms with Crippen molar-refractivity contribution in [3.05, 3.63) is 29.3 Å². The summed E-state index contributed by atoms with van der Waals surface area (Å²) in [4.78, 5) is 12.1. The average Bonchev–Trinajstić information content (AvgIpc) is 2.05. The molecule has 12 heavy (non-hydrogen) atoms. The van der Waals surface area contributed by atoms with E-state index in [1.54, 1.807) is 0 Å². The molecule has 1 aliphatic rings. The molecule has 0 heterocycles. The van der Waals surface area contributed by atoms with Gasteiger partial charge in [0.1, 0.15) is 5.78 Å². The van der Waals surface area contributed by atoms with Crippen LogP contribution in [0, 0.1) is 0 Å². The van der Waals surface area contributed by atoms with Gasteiger partial charge in [-0.05, 0) is 29.7 Å². The van der Waals surface area contributed by atoms with E-state index in [2.05, 4.69) is 18.7 Å². The molecular weight excluding hydrogens is 168 g/mol. The number of ketones is 1. The van der Waals surface area contributed by atoms with Crippen molar-refractivity contribution in [1.29, 1.82) is 0 Å². The molecule has 1 aromatic carbocycles. The Balaban J connectivity index is 2.43. The summed E-state index contributed by atoms with van der Waals surface area (Å²) < 4.78 is 0. The molecule has 0 saturated heterocycles. The van der Waals surface area contributed by atoms with Crippen molar-refractivity contribution in [2.45, 2.75) is 24.2 Å². The maximum atomic E-state index is 11.1. The molecule has 0 radical (unpaired) electrons. The minimum Gasteiger partial charge on any atom is -0.299 e. The summed E-state index contributed by atoms with van der Waals surface area (Å²) in [6.45, 7) is 0. The Bertz CT molecular complexity index is 331. The van der Waals surface area contributed by atoms with E-state index >= 15 is 0 Å². The molecule has 2 heteroatoms. The summed E-state index contributed by atoms with van der Waals surface area (Å²) >= 11 is 4.26. The first kappa shape index (κ1) is 7.87. The van der Waals surface area contributed by atoms with Gasteiger partial charge in [-0.3, -0.25) is 4.79 Å². The smallest absolute Gasteiger partial charge is 0.137 e. The van der Waals surface area contributed by atoms with Gasteiger partial charge in [-0.15, -0.1) is 12.6 Å². The predicted molar refractivity (Wildman–Crippen MR) is 50.7 cm³/mol. The second kappa shape index (κ2) is 2.94. The molecule has 0 aliphatic heterocycles. The number of benzene rings is 1. The summed E-state index contributed by atoms with van der Waals surface area (Å²) in [7, 11) is 0. The Morgan fingerprint density at radius 3 is 2.83 bits per heavy atom. The van der Waals surface area contributed by atoms with Gasteiger partial charge in [-0.25, -0.2) is 0 Å². The van der Waals surface area contributed by atoms with Crippen LogP contribution in [0.2, 0.25) is 0 Å². The Hall–Kier alpha value is -0.760. The highest BCUT2D eigenvalue weighted by molar-refractivity contribution is 7.80. The van der Waals surface area contributed by atoms with E-state index < -0.39 is 0 Å². The lowest BCUT2D eigenvalue weighted by molar-refractivity contribution is -0.118. The van der Waals surface area contributed by atoms with Gasteiger partial charge in [-0.2, -0.15) is 0 Å². The SMILES string of the molecule is O=C1CCc2cc(S)ccc2C1. The van der Waals surface area contributed by atoms with Crippen molar-refractivity contribution in [3.63, 3.8) is 0 Å². The first-order valence-corrected chi connectivity index (χ1v) is 4.53. The van der Waals surface area contributed by atoms with Crippen LogP contribution in [0.1, 0.15) is 17.5 Å². The summed E-state index contributed by atoms with van der Waals surface area (Å²) in [5.74, 6) is 0.356. The summed E-state index contributed by atoms with van der Waals surface area (Å²) in [5, 5.41) is 0. The molecule has 1 aliphatic carbocycles. The van der Waals surface area contributed by atoms with E-state index in [0.29, 0.717) is 18.6 Å². The number of thiol groups is 1. The van der Waals surface area contributed by atoms with Gasteiger partial charge in [0, 0.05) is 17.7 Å². The number of aryl methyl sites for hydroxylation is 1. The third kappa shape index (κ3) is 1.39. The normalized spacial score (nSPS) is 15.9. The van der Waals surface area contributed by atoms with Crippen molar-refractivity contribution in [2.75, 3.05) is 0 Å². The first-order chi connectivity index (χ1) is 5.75. The molecule has 62 valence electrons. The second-order valence-corrected chi connectivity index (χ2v) is 3.68. The Labute approximate surface area is 77.2 Å². The molecule has 0 N–H and O–H groups in total. The number of carbonyl (C=O) groups excluding carboxylic acids is 1. The molecule has 1 nitrogen and oxygen atoms in total. The maximum Gasteiger partial charge on any atom is 0.137 e. The van der Waals surface area contributed by atoms with E-state index in [4.69, 9.17) is 0 Å². The van der Waals surface area contributed by atoms with Crippen LogP contribution in [-0.2, 0) is 17.6 Å². The molecule has 0 amide bonds. The molecule has 0 bridgehead atoms. The fourth-order valence-corrected chi connectivity index (χ4v) is 1.82. The molecule has 1 aromatic rings. The topological polar surface area (TPSA) is 17.1 Å². The third-order valence-corrected chi connectivity index (χ3v) is 2.53. The van der Waals surface area contributed by atoms with Gasteiger partial charge < -0.3 is 0 Å². The van der Waals surface area contributed by atoms with Crippen LogP contribution in [-0.4, -0.2) is 5.78 Å². The maximum absolute atomic E-state index is 11.1. The largest absolute Gasteiger partial charge is 0.299 e. The van der Waals surface area contributed by atoms with Crippen LogP contribution in [0.25, 0.3) is 0 Å². The van der Waals surface area contributed by atoms with Crippen molar-refractivity contribution in [2.24, 2.45) is 0 Å². The lowest BCUT2D eigenvalue weighted by atomic mass is 9.91. The lowest BCUT2D eigenvalue weighted by Crippen LogP contribution is -2.12. The van der Waals surface area contributed by atoms with Crippen LogP contribution in [0.5, 0.6) is 0 Å². The van der Waals surface area contributed by atoms with E-state index in [1.165, 1.54) is 11.1 Å². The number of Topliss-reactive ketones (excluding diaryl/α,β-unsaturated/α-hetero) is 1. The van der Waals surface area contributed by atoms with Gasteiger partial charge >= 0.3 is 0 Å². The van der Waals surface area contributed by atoms with Crippen molar-refractivity contribution >= 4 is 18.4 Å². The standard InChI is InChI=1S/C10H10OS/c11-9-3-1-8-6-10(12)4-2-7(8)5-9/h2,4,6,12H,1,3,5H2. The molecule has 0 aromatic heterocycles. The Morgan fingerprint density at radius 2 is 2.00 bits per heavy atom. The van der Waals surface area contributed by atoms with Crippen LogP contribution in [0.3, 0.4) is 0 Å². The average molecular weight is 178 g/mol. The molecular formula is C10H10OS. The monoisotopic (exact) mass is 178 g/mol. The van der Waals surface area contributed by atoms with Crippen LogP contribution in [0.4, 0.5) is 0 Å². The molecule has 2 rings (SSSR count). The van der Waals surface area contributed by atoms with Gasteiger partial charge in [0.05, 0.1) is 0 Å². The van der Waals surface area contributed by atoms with Crippen LogP contribution in [0.15, 0.2) is 23.1 Å². The van der Waals surface area contributed by atoms with Gasteiger partial charge in [0.25, 0.3) is 0 Å². The number of hydrogen-bond donors (Lipinski definition) is 1. The molecule has 0 atom stereocenters. The van der Waals surface area contributed by atoms with Crippen LogP contribution < -0.4 is 0 Å². The van der Waals surface area contributed by atoms with Gasteiger partial charge in [-0.1, -0.05) is 6.07 Å². The molecule has 0 unspecified atom stereocenters. The first-order valence-electron chi connectivity index (χ1n) is 4.08. The molecule has 0 spiro atoms. The highest BCUT2D eigenvalue weighted by Crippen LogP contribution is 2.21. The Kier molecular flexibility index (Phi) is 1.93. The summed E-state index contributed by atoms with van der Waals surface area (Å²) in [6.07, 6.45) is 2.20. The zero-order valence-electron chi connectivity index (χ0n) is 6.71. The Morgan fingerprint density at radius 1 is 1.17 bits per heavy atom. The minimum absolute atomic E-state index is 0.356. The van der Waals surface area contributed by atoms with Gasteiger partial charge in [0.15, 0.2) is 0 Å². The second-order valence-electron chi connectivity index (χ2n) is 3.17. The van der Waals surface area contributed by atoms with E-state index in [-0.39, 0.29) is 0 Å². The fraction of sp³-hybridized carbons (Fsp3) is 0.300.